The summed E-state index contributed by atoms with van der Waals surface area (Å²) in [5, 5.41) is 0.569. The van der Waals surface area contributed by atoms with Crippen molar-refractivity contribution in [1.29, 1.82) is 0 Å². The van der Waals surface area contributed by atoms with Gasteiger partial charge in [0.25, 0.3) is 0 Å². The summed E-state index contributed by atoms with van der Waals surface area (Å²) in [6, 6.07) is 8.47. The van der Waals surface area contributed by atoms with Gasteiger partial charge in [-0.2, -0.15) is 0 Å². The molecule has 0 spiro atoms. The first-order valence-electron chi connectivity index (χ1n) is 12.7. The molecule has 1 aliphatic heterocycles. The molecule has 4 rings (SSSR count). The Bertz CT molecular complexity index is 1510. The molecule has 3 heterocycles. The molecule has 0 bridgehead atoms. The third kappa shape index (κ3) is 6.74. The van der Waals surface area contributed by atoms with Crippen molar-refractivity contribution >= 4 is 38.6 Å². The van der Waals surface area contributed by atoms with Gasteiger partial charge in [-0.1, -0.05) is 0 Å². The number of hydrogen-bond acceptors (Lipinski definition) is 10. The summed E-state index contributed by atoms with van der Waals surface area (Å²) in [6.07, 6.45) is 0.456. The molecule has 0 aliphatic carbocycles. The normalized spacial score (nSPS) is 16.4. The van der Waals surface area contributed by atoms with Crippen LogP contribution in [0.15, 0.2) is 30.3 Å². The quantitative estimate of drug-likeness (QED) is 0.412. The van der Waals surface area contributed by atoms with Crippen LogP contribution >= 0.6 is 0 Å². The predicted octanol–water partition coefficient (Wildman–Crippen LogP) is 3.83. The van der Waals surface area contributed by atoms with Crippen LogP contribution in [0.5, 0.6) is 0 Å². The third-order valence-electron chi connectivity index (χ3n) is 5.96. The van der Waals surface area contributed by atoms with Crippen LogP contribution in [-0.2, 0) is 29.8 Å². The molecule has 11 nitrogen and oxygen atoms in total. The topological polar surface area (TPSA) is 130 Å². The van der Waals surface area contributed by atoms with Crippen LogP contribution in [0.25, 0.3) is 22.3 Å². The number of nitrogens with zero attached hydrogens (tertiary/aromatic N) is 4. The highest BCUT2D eigenvalue weighted by molar-refractivity contribution is 7.89. The maximum Gasteiger partial charge on any atom is 0.419 e. The molecule has 39 heavy (non-hydrogen) atoms. The number of ether oxygens (including phenoxy) is 3. The van der Waals surface area contributed by atoms with E-state index < -0.39 is 27.5 Å². The lowest BCUT2D eigenvalue weighted by Gasteiger charge is -2.34. The molecule has 1 aromatic carbocycles. The second-order valence-electron chi connectivity index (χ2n) is 10.6. The lowest BCUT2D eigenvalue weighted by molar-refractivity contribution is 0.0454. The number of morpholine rings is 1. The monoisotopic (exact) mass is 558 g/mol. The SMILES string of the molecule is CCOC(=O)c1cc2cc(-c3nc(CS(C)(=O)=O)cc(N4CCOC[C@@H]4C)n3)ccc2n1C(=O)OC(C)(C)C. The van der Waals surface area contributed by atoms with Crippen molar-refractivity contribution in [3.8, 4) is 11.4 Å². The van der Waals surface area contributed by atoms with Crippen LogP contribution in [0.3, 0.4) is 0 Å². The molecule has 0 saturated carbocycles. The second-order valence-corrected chi connectivity index (χ2v) is 12.7. The molecule has 0 radical (unpaired) electrons. The molecule has 1 fully saturated rings. The van der Waals surface area contributed by atoms with E-state index in [0.29, 0.717) is 53.6 Å². The van der Waals surface area contributed by atoms with Gasteiger partial charge in [0.15, 0.2) is 15.7 Å². The van der Waals surface area contributed by atoms with Gasteiger partial charge in [0.2, 0.25) is 0 Å². The molecule has 12 heteroatoms. The minimum atomic E-state index is -3.35. The first-order chi connectivity index (χ1) is 18.3. The Morgan fingerprint density at radius 1 is 1.15 bits per heavy atom. The summed E-state index contributed by atoms with van der Waals surface area (Å²) >= 11 is 0. The Balaban J connectivity index is 1.84. The van der Waals surface area contributed by atoms with E-state index in [1.54, 1.807) is 58.0 Å². The number of carbonyl (C=O) groups excluding carboxylic acids is 2. The number of anilines is 1. The molecule has 210 valence electrons. The summed E-state index contributed by atoms with van der Waals surface area (Å²) in [5.74, 6) is 0.0389. The van der Waals surface area contributed by atoms with Gasteiger partial charge in [-0.05, 0) is 58.9 Å². The number of rotatable bonds is 6. The van der Waals surface area contributed by atoms with Crippen LogP contribution < -0.4 is 4.90 Å². The molecule has 0 unspecified atom stereocenters. The van der Waals surface area contributed by atoms with E-state index in [-0.39, 0.29) is 24.1 Å². The van der Waals surface area contributed by atoms with Crippen LogP contribution in [0, 0.1) is 0 Å². The highest BCUT2D eigenvalue weighted by atomic mass is 32.2. The van der Waals surface area contributed by atoms with Crippen molar-refractivity contribution in [2.45, 2.75) is 52.0 Å². The van der Waals surface area contributed by atoms with Gasteiger partial charge in [0.1, 0.15) is 17.1 Å². The summed E-state index contributed by atoms with van der Waals surface area (Å²) in [4.78, 5) is 37.2. The lowest BCUT2D eigenvalue weighted by atomic mass is 10.1. The van der Waals surface area contributed by atoms with Crippen molar-refractivity contribution < 1.29 is 32.2 Å². The molecule has 2 aromatic heterocycles. The fourth-order valence-electron chi connectivity index (χ4n) is 4.38. The molecule has 3 aromatic rings. The fraction of sp³-hybridized carbons (Fsp3) is 0.481. The number of aromatic nitrogens is 3. The van der Waals surface area contributed by atoms with Gasteiger partial charge < -0.3 is 19.1 Å². The Morgan fingerprint density at radius 2 is 1.90 bits per heavy atom. The van der Waals surface area contributed by atoms with Gasteiger partial charge >= 0.3 is 12.1 Å². The van der Waals surface area contributed by atoms with Crippen molar-refractivity contribution in [3.63, 3.8) is 0 Å². The molecule has 0 amide bonds. The summed E-state index contributed by atoms with van der Waals surface area (Å²) < 4.78 is 41.7. The van der Waals surface area contributed by atoms with E-state index in [9.17, 15) is 18.0 Å². The van der Waals surface area contributed by atoms with E-state index in [1.807, 2.05) is 6.92 Å². The van der Waals surface area contributed by atoms with Gasteiger partial charge in [-0.25, -0.2) is 32.5 Å². The summed E-state index contributed by atoms with van der Waals surface area (Å²) in [5.41, 5.74) is 0.672. The first kappa shape index (κ1) is 28.5. The van der Waals surface area contributed by atoms with Crippen molar-refractivity contribution in [1.82, 2.24) is 14.5 Å². The summed E-state index contributed by atoms with van der Waals surface area (Å²) in [7, 11) is -3.35. The van der Waals surface area contributed by atoms with E-state index in [0.717, 1.165) is 6.26 Å². The molecule has 1 aliphatic rings. The lowest BCUT2D eigenvalue weighted by Crippen LogP contribution is -2.44. The third-order valence-corrected chi connectivity index (χ3v) is 6.78. The van der Waals surface area contributed by atoms with Crippen LogP contribution in [-0.4, -0.2) is 79.3 Å². The zero-order chi connectivity index (χ0) is 28.5. The number of hydrogen-bond donors (Lipinski definition) is 0. The van der Waals surface area contributed by atoms with Crippen molar-refractivity contribution in [2.24, 2.45) is 0 Å². The van der Waals surface area contributed by atoms with Gasteiger partial charge in [-0.15, -0.1) is 0 Å². The molecule has 1 atom stereocenters. The molecular weight excluding hydrogens is 524 g/mol. The first-order valence-corrected chi connectivity index (χ1v) is 14.8. The van der Waals surface area contributed by atoms with Crippen LogP contribution in [0.1, 0.15) is 50.8 Å². The largest absolute Gasteiger partial charge is 0.461 e. The highest BCUT2D eigenvalue weighted by Crippen LogP contribution is 2.29. The highest BCUT2D eigenvalue weighted by Gasteiger charge is 2.27. The average Bonchev–Trinajstić information content (AvgIpc) is 3.21. The molecular formula is C27H34N4O7S. The summed E-state index contributed by atoms with van der Waals surface area (Å²) in [6.45, 7) is 10.7. The minimum absolute atomic E-state index is 0.0350. The standard InChI is InChI=1S/C27H34N4O7S/c1-7-37-25(32)22-13-19-12-18(8-9-21(19)31(22)26(33)38-27(3,4)5)24-28-20(16-39(6,34)35)14-23(29-24)30-10-11-36-15-17(30)2/h8-9,12-14,17H,7,10-11,15-16H2,1-6H3/t17-/m0/s1. The van der Waals surface area contributed by atoms with Crippen molar-refractivity contribution in [3.05, 3.63) is 41.7 Å². The zero-order valence-corrected chi connectivity index (χ0v) is 23.9. The van der Waals surface area contributed by atoms with Crippen LogP contribution in [0.2, 0.25) is 0 Å². The van der Waals surface area contributed by atoms with Crippen LogP contribution in [0.4, 0.5) is 10.6 Å². The molecule has 1 saturated heterocycles. The van der Waals surface area contributed by atoms with E-state index >= 15 is 0 Å². The van der Waals surface area contributed by atoms with Gasteiger partial charge in [0, 0.05) is 29.8 Å². The number of fused-ring (bicyclic) bond motifs is 1. The van der Waals surface area contributed by atoms with Gasteiger partial charge in [0.05, 0.1) is 42.8 Å². The maximum absolute atomic E-state index is 13.1. The van der Waals surface area contributed by atoms with E-state index in [4.69, 9.17) is 19.2 Å². The average molecular weight is 559 g/mol. The van der Waals surface area contributed by atoms with E-state index in [2.05, 4.69) is 9.88 Å². The zero-order valence-electron chi connectivity index (χ0n) is 23.1. The number of esters is 1. The Morgan fingerprint density at radius 3 is 2.54 bits per heavy atom. The Labute approximate surface area is 228 Å². The minimum Gasteiger partial charge on any atom is -0.461 e. The number of benzene rings is 1. The van der Waals surface area contributed by atoms with Gasteiger partial charge in [-0.3, -0.25) is 0 Å². The Kier molecular flexibility index (Phi) is 7.99. The fourth-order valence-corrected chi connectivity index (χ4v) is 5.07. The van der Waals surface area contributed by atoms with Crippen molar-refractivity contribution in [2.75, 3.05) is 37.5 Å². The second kappa shape index (κ2) is 10.9. The molecule has 0 N–H and O–H groups in total. The Hall–Kier alpha value is -3.51. The maximum atomic E-state index is 13.1. The van der Waals surface area contributed by atoms with E-state index in [1.165, 1.54) is 4.57 Å². The smallest absolute Gasteiger partial charge is 0.419 e. The number of carbonyl (C=O) groups is 2. The number of sulfone groups is 1. The predicted molar refractivity (Wildman–Crippen MR) is 147 cm³/mol.